The number of fused-ring (bicyclic) bond motifs is 1. The SMILES string of the molecule is O=C(c1cc2c(s1)CN(C1CC1)C2)N1CCC(Cc2ccccc2)CC1. The third-order valence-electron chi connectivity index (χ3n) is 6.16. The molecule has 0 bridgehead atoms. The number of rotatable bonds is 4. The summed E-state index contributed by atoms with van der Waals surface area (Å²) in [6.45, 7) is 3.94. The molecule has 136 valence electrons. The number of hydrogen-bond donors (Lipinski definition) is 0. The molecule has 0 unspecified atom stereocenters. The maximum atomic E-state index is 12.9. The number of benzene rings is 1. The van der Waals surface area contributed by atoms with Gasteiger partial charge in [0.25, 0.3) is 5.91 Å². The van der Waals surface area contributed by atoms with Crippen LogP contribution >= 0.6 is 11.3 Å². The Morgan fingerprint density at radius 1 is 1.04 bits per heavy atom. The smallest absolute Gasteiger partial charge is 0.263 e. The second-order valence-electron chi connectivity index (χ2n) is 8.12. The molecule has 3 heterocycles. The standard InChI is InChI=1S/C22H26N2OS/c25-22(20-13-18-14-24(19-6-7-19)15-21(18)26-20)23-10-8-17(9-11-23)12-16-4-2-1-3-5-16/h1-5,13,17,19H,6-12,14-15H2. The van der Waals surface area contributed by atoms with Gasteiger partial charge < -0.3 is 4.90 Å². The van der Waals surface area contributed by atoms with Crippen LogP contribution in [0.3, 0.4) is 0 Å². The van der Waals surface area contributed by atoms with Crippen molar-refractivity contribution in [3.8, 4) is 0 Å². The Bertz CT molecular complexity index is 764. The first-order chi connectivity index (χ1) is 12.8. The molecule has 3 aliphatic rings. The van der Waals surface area contributed by atoms with E-state index in [1.54, 1.807) is 11.3 Å². The van der Waals surface area contributed by atoms with Crippen LogP contribution in [0.5, 0.6) is 0 Å². The zero-order valence-electron chi connectivity index (χ0n) is 15.2. The summed E-state index contributed by atoms with van der Waals surface area (Å²) in [5, 5.41) is 0. The highest BCUT2D eigenvalue weighted by atomic mass is 32.1. The second kappa shape index (κ2) is 6.82. The Kier molecular flexibility index (Phi) is 4.33. The lowest BCUT2D eigenvalue weighted by atomic mass is 9.90. The van der Waals surface area contributed by atoms with Crippen LogP contribution in [0.4, 0.5) is 0 Å². The molecule has 0 spiro atoms. The van der Waals surface area contributed by atoms with Crippen molar-refractivity contribution in [3.63, 3.8) is 0 Å². The lowest BCUT2D eigenvalue weighted by molar-refractivity contribution is 0.0695. The molecule has 1 saturated carbocycles. The molecule has 2 aromatic rings. The summed E-state index contributed by atoms with van der Waals surface area (Å²) < 4.78 is 0. The fourth-order valence-corrected chi connectivity index (χ4v) is 5.61. The topological polar surface area (TPSA) is 23.6 Å². The van der Waals surface area contributed by atoms with Gasteiger partial charge in [-0.05, 0) is 55.2 Å². The van der Waals surface area contributed by atoms with Crippen molar-refractivity contribution in [2.24, 2.45) is 5.92 Å². The van der Waals surface area contributed by atoms with Crippen molar-refractivity contribution < 1.29 is 4.79 Å². The highest BCUT2D eigenvalue weighted by Gasteiger charge is 2.35. The largest absolute Gasteiger partial charge is 0.338 e. The fourth-order valence-electron chi connectivity index (χ4n) is 4.44. The van der Waals surface area contributed by atoms with Gasteiger partial charge >= 0.3 is 0 Å². The molecule has 0 N–H and O–H groups in total. The molecule has 1 saturated heterocycles. The summed E-state index contributed by atoms with van der Waals surface area (Å²) in [6, 6.07) is 13.7. The van der Waals surface area contributed by atoms with Gasteiger partial charge in [0.1, 0.15) is 0 Å². The Balaban J connectivity index is 1.17. The van der Waals surface area contributed by atoms with E-state index in [0.29, 0.717) is 5.92 Å². The van der Waals surface area contributed by atoms with Crippen LogP contribution < -0.4 is 0 Å². The Morgan fingerprint density at radius 2 is 1.81 bits per heavy atom. The summed E-state index contributed by atoms with van der Waals surface area (Å²) >= 11 is 1.74. The molecule has 3 nitrogen and oxygen atoms in total. The predicted octanol–water partition coefficient (Wildman–Crippen LogP) is 4.32. The first-order valence-corrected chi connectivity index (χ1v) is 10.8. The van der Waals surface area contributed by atoms with Gasteiger partial charge in [-0.15, -0.1) is 11.3 Å². The summed E-state index contributed by atoms with van der Waals surface area (Å²) in [5.74, 6) is 0.974. The molecule has 0 atom stereocenters. The monoisotopic (exact) mass is 366 g/mol. The Hall–Kier alpha value is -1.65. The molecule has 26 heavy (non-hydrogen) atoms. The number of likely N-dealkylation sites (tertiary alicyclic amines) is 1. The number of piperidine rings is 1. The zero-order chi connectivity index (χ0) is 17.5. The molecule has 4 heteroatoms. The van der Waals surface area contributed by atoms with Gasteiger partial charge in [-0.25, -0.2) is 0 Å². The van der Waals surface area contributed by atoms with Gasteiger partial charge in [-0.2, -0.15) is 0 Å². The Morgan fingerprint density at radius 3 is 2.50 bits per heavy atom. The van der Waals surface area contributed by atoms with E-state index >= 15 is 0 Å². The summed E-state index contributed by atoms with van der Waals surface area (Å²) in [7, 11) is 0. The highest BCUT2D eigenvalue weighted by molar-refractivity contribution is 7.14. The molecule has 1 aromatic heterocycles. The van der Waals surface area contributed by atoms with Crippen LogP contribution in [-0.2, 0) is 19.5 Å². The minimum Gasteiger partial charge on any atom is -0.338 e. The predicted molar refractivity (Wildman–Crippen MR) is 105 cm³/mol. The number of hydrogen-bond acceptors (Lipinski definition) is 3. The number of nitrogens with zero attached hydrogens (tertiary/aromatic N) is 2. The molecule has 1 aliphatic carbocycles. The first-order valence-electron chi connectivity index (χ1n) is 9.95. The normalized spacial score (nSPS) is 21.2. The zero-order valence-corrected chi connectivity index (χ0v) is 16.0. The second-order valence-corrected chi connectivity index (χ2v) is 9.26. The maximum absolute atomic E-state index is 12.9. The average Bonchev–Trinajstić information content (AvgIpc) is 3.33. The van der Waals surface area contributed by atoms with E-state index in [9.17, 15) is 4.79 Å². The number of carbonyl (C=O) groups is 1. The van der Waals surface area contributed by atoms with Gasteiger partial charge in [0.05, 0.1) is 4.88 Å². The summed E-state index contributed by atoms with van der Waals surface area (Å²) in [4.78, 5) is 20.0. The maximum Gasteiger partial charge on any atom is 0.263 e. The summed E-state index contributed by atoms with van der Waals surface area (Å²) in [6.07, 6.45) is 6.12. The molecule has 2 fully saturated rings. The van der Waals surface area contributed by atoms with Crippen molar-refractivity contribution in [2.45, 2.75) is 51.2 Å². The van der Waals surface area contributed by atoms with Crippen molar-refractivity contribution in [1.29, 1.82) is 0 Å². The van der Waals surface area contributed by atoms with Crippen molar-refractivity contribution >= 4 is 17.2 Å². The van der Waals surface area contributed by atoms with Crippen LogP contribution in [0.25, 0.3) is 0 Å². The van der Waals surface area contributed by atoms with Crippen molar-refractivity contribution in [2.75, 3.05) is 13.1 Å². The van der Waals surface area contributed by atoms with Crippen molar-refractivity contribution in [1.82, 2.24) is 9.80 Å². The van der Waals surface area contributed by atoms with E-state index in [2.05, 4.69) is 46.2 Å². The molecule has 1 aromatic carbocycles. The highest BCUT2D eigenvalue weighted by Crippen LogP contribution is 2.38. The number of thiophene rings is 1. The minimum absolute atomic E-state index is 0.264. The van der Waals surface area contributed by atoms with Gasteiger partial charge in [-0.1, -0.05) is 30.3 Å². The lowest BCUT2D eigenvalue weighted by Crippen LogP contribution is -2.38. The van der Waals surface area contributed by atoms with Crippen LogP contribution in [-0.4, -0.2) is 34.8 Å². The molecular weight excluding hydrogens is 340 g/mol. The van der Waals surface area contributed by atoms with Gasteiger partial charge in [0.15, 0.2) is 0 Å². The van der Waals surface area contributed by atoms with Crippen molar-refractivity contribution in [3.05, 3.63) is 57.3 Å². The quantitative estimate of drug-likeness (QED) is 0.804. The third kappa shape index (κ3) is 3.33. The third-order valence-corrected chi connectivity index (χ3v) is 7.31. The average molecular weight is 367 g/mol. The van der Waals surface area contributed by atoms with Crippen LogP contribution in [0.15, 0.2) is 36.4 Å². The van der Waals surface area contributed by atoms with Crippen LogP contribution in [0, 0.1) is 5.92 Å². The lowest BCUT2D eigenvalue weighted by Gasteiger charge is -2.32. The van der Waals surface area contributed by atoms with E-state index in [0.717, 1.165) is 56.4 Å². The van der Waals surface area contributed by atoms with Gasteiger partial charge in [0, 0.05) is 37.1 Å². The molecular formula is C22H26N2OS. The van der Waals surface area contributed by atoms with Crippen LogP contribution in [0.1, 0.15) is 51.4 Å². The van der Waals surface area contributed by atoms with E-state index in [1.807, 2.05) is 0 Å². The van der Waals surface area contributed by atoms with E-state index < -0.39 is 0 Å². The number of amides is 1. The molecule has 0 radical (unpaired) electrons. The number of carbonyl (C=O) groups excluding carboxylic acids is 1. The van der Waals surface area contributed by atoms with Gasteiger partial charge in [-0.3, -0.25) is 9.69 Å². The molecule has 5 rings (SSSR count). The van der Waals surface area contributed by atoms with E-state index in [1.165, 1.54) is 28.8 Å². The molecule has 1 amide bonds. The van der Waals surface area contributed by atoms with E-state index in [4.69, 9.17) is 0 Å². The van der Waals surface area contributed by atoms with Gasteiger partial charge in [0.2, 0.25) is 0 Å². The first kappa shape index (κ1) is 16.5. The minimum atomic E-state index is 0.264. The van der Waals surface area contributed by atoms with Crippen LogP contribution in [0.2, 0.25) is 0 Å². The molecule has 2 aliphatic heterocycles. The van der Waals surface area contributed by atoms with E-state index in [-0.39, 0.29) is 5.91 Å². The Labute approximate surface area is 159 Å². The summed E-state index contributed by atoms with van der Waals surface area (Å²) in [5.41, 5.74) is 2.83. The fraction of sp³-hybridized carbons (Fsp3) is 0.500.